The van der Waals surface area contributed by atoms with Crippen LogP contribution in [0.4, 0.5) is 0 Å². The lowest BCUT2D eigenvalue weighted by atomic mass is 10.1. The number of unbranched alkanes of at least 4 members (excludes halogenated alkanes) is 2. The molecule has 0 saturated heterocycles. The second-order valence-electron chi connectivity index (χ2n) is 6.45. The summed E-state index contributed by atoms with van der Waals surface area (Å²) in [7, 11) is 1.45. The van der Waals surface area contributed by atoms with Gasteiger partial charge >= 0.3 is 5.97 Å². The maximum absolute atomic E-state index is 12.1. The quantitative estimate of drug-likeness (QED) is 0.207. The molecule has 1 aliphatic rings. The molecule has 1 atom stereocenters. The molecule has 0 heterocycles. The number of ether oxygens (including phenoxy) is 2. The third-order valence-corrected chi connectivity index (χ3v) is 4.17. The standard InChI is InChI=1S/C22H32O4/c1-4-5-6-7-8-9-10-11-12-13-14-15-16-20-17-22(25-3,18-21(20)24)26-19(2)23/h7-8,10-11,13-14,17H,4-6,9,12,15-16,18H2,1-3H3/b8-7-,11-10-,14-13-/t22-/m1/s1. The maximum atomic E-state index is 12.1. The Labute approximate surface area is 157 Å². The highest BCUT2D eigenvalue weighted by atomic mass is 16.7. The van der Waals surface area contributed by atoms with Crippen LogP contribution >= 0.6 is 0 Å². The van der Waals surface area contributed by atoms with E-state index in [1.807, 2.05) is 0 Å². The summed E-state index contributed by atoms with van der Waals surface area (Å²) in [4.78, 5) is 23.3. The fraction of sp³-hybridized carbons (Fsp3) is 0.545. The number of carbonyl (C=O) groups is 2. The molecule has 0 aromatic rings. The van der Waals surface area contributed by atoms with Crippen LogP contribution in [0.3, 0.4) is 0 Å². The highest BCUT2D eigenvalue weighted by Crippen LogP contribution is 2.32. The van der Waals surface area contributed by atoms with E-state index < -0.39 is 11.8 Å². The van der Waals surface area contributed by atoms with Crippen molar-refractivity contribution in [2.24, 2.45) is 0 Å². The minimum absolute atomic E-state index is 0.0174. The molecule has 0 aromatic carbocycles. The number of allylic oxidation sites excluding steroid dienone is 7. The number of rotatable bonds is 12. The summed E-state index contributed by atoms with van der Waals surface area (Å²) in [6.45, 7) is 3.52. The maximum Gasteiger partial charge on any atom is 0.305 e. The van der Waals surface area contributed by atoms with E-state index in [2.05, 4.69) is 43.4 Å². The zero-order valence-corrected chi connectivity index (χ0v) is 16.3. The van der Waals surface area contributed by atoms with Crippen molar-refractivity contribution in [3.63, 3.8) is 0 Å². The van der Waals surface area contributed by atoms with Crippen LogP contribution in [0.25, 0.3) is 0 Å². The molecule has 26 heavy (non-hydrogen) atoms. The third kappa shape index (κ3) is 8.43. The normalized spacial score (nSPS) is 20.6. The Kier molecular flexibility index (Phi) is 10.6. The first-order valence-corrected chi connectivity index (χ1v) is 9.47. The SMILES string of the molecule is CCCC/C=C\C/C=C\C/C=C\CCC1=C[C@@](OC)(OC(C)=O)CC1=O. The zero-order chi connectivity index (χ0) is 19.3. The Bertz CT molecular complexity index is 569. The smallest absolute Gasteiger partial charge is 0.305 e. The van der Waals surface area contributed by atoms with E-state index in [0.717, 1.165) is 19.3 Å². The van der Waals surface area contributed by atoms with Crippen molar-refractivity contribution in [1.29, 1.82) is 0 Å². The van der Waals surface area contributed by atoms with Crippen LogP contribution in [0.15, 0.2) is 48.1 Å². The Balaban J connectivity index is 2.29. The molecule has 0 amide bonds. The predicted octanol–water partition coefficient (Wildman–Crippen LogP) is 5.21. The molecule has 144 valence electrons. The molecule has 0 aliphatic heterocycles. The van der Waals surface area contributed by atoms with Crippen LogP contribution in [-0.4, -0.2) is 24.6 Å². The molecule has 0 saturated carbocycles. The Morgan fingerprint density at radius 3 is 2.31 bits per heavy atom. The van der Waals surface area contributed by atoms with Crippen molar-refractivity contribution >= 4 is 11.8 Å². The third-order valence-electron chi connectivity index (χ3n) is 4.17. The van der Waals surface area contributed by atoms with E-state index in [0.29, 0.717) is 12.0 Å². The zero-order valence-electron chi connectivity index (χ0n) is 16.3. The van der Waals surface area contributed by atoms with Gasteiger partial charge in [-0.3, -0.25) is 9.59 Å². The first kappa shape index (κ1) is 22.1. The number of hydrogen-bond donors (Lipinski definition) is 0. The van der Waals surface area contributed by atoms with Gasteiger partial charge in [0.2, 0.25) is 5.79 Å². The minimum atomic E-state index is -1.21. The van der Waals surface area contributed by atoms with Crippen LogP contribution in [0.5, 0.6) is 0 Å². The molecular weight excluding hydrogens is 328 g/mol. The highest BCUT2D eigenvalue weighted by molar-refractivity contribution is 5.99. The number of esters is 1. The fourth-order valence-electron chi connectivity index (χ4n) is 2.77. The second-order valence-corrected chi connectivity index (χ2v) is 6.45. The predicted molar refractivity (Wildman–Crippen MR) is 105 cm³/mol. The topological polar surface area (TPSA) is 52.6 Å². The van der Waals surface area contributed by atoms with E-state index in [4.69, 9.17) is 9.47 Å². The molecule has 0 unspecified atom stereocenters. The Morgan fingerprint density at radius 1 is 1.12 bits per heavy atom. The summed E-state index contributed by atoms with van der Waals surface area (Å²) in [5.74, 6) is -1.68. The number of methoxy groups -OCH3 is 1. The van der Waals surface area contributed by atoms with Gasteiger partial charge in [-0.25, -0.2) is 0 Å². The molecule has 4 heteroatoms. The van der Waals surface area contributed by atoms with Gasteiger partial charge in [0.15, 0.2) is 5.78 Å². The fourth-order valence-corrected chi connectivity index (χ4v) is 2.77. The van der Waals surface area contributed by atoms with Gasteiger partial charge in [0, 0.05) is 14.0 Å². The van der Waals surface area contributed by atoms with E-state index >= 15 is 0 Å². The van der Waals surface area contributed by atoms with Crippen LogP contribution in [0.2, 0.25) is 0 Å². The highest BCUT2D eigenvalue weighted by Gasteiger charge is 2.41. The van der Waals surface area contributed by atoms with Gasteiger partial charge in [-0.2, -0.15) is 0 Å². The number of ketones is 1. The van der Waals surface area contributed by atoms with Gasteiger partial charge in [0.1, 0.15) is 0 Å². The lowest BCUT2D eigenvalue weighted by Gasteiger charge is -2.23. The van der Waals surface area contributed by atoms with E-state index in [1.165, 1.54) is 33.3 Å². The molecule has 4 nitrogen and oxygen atoms in total. The summed E-state index contributed by atoms with van der Waals surface area (Å²) >= 11 is 0. The number of Topliss-reactive ketones (excluding diaryl/α,β-unsaturated/α-hetero) is 1. The van der Waals surface area contributed by atoms with Crippen LogP contribution in [0, 0.1) is 0 Å². The van der Waals surface area contributed by atoms with Gasteiger partial charge in [0.25, 0.3) is 0 Å². The Morgan fingerprint density at radius 2 is 1.73 bits per heavy atom. The molecule has 0 spiro atoms. The number of hydrogen-bond acceptors (Lipinski definition) is 4. The molecule has 0 fully saturated rings. The van der Waals surface area contributed by atoms with Gasteiger partial charge < -0.3 is 9.47 Å². The van der Waals surface area contributed by atoms with Crippen molar-refractivity contribution in [3.05, 3.63) is 48.1 Å². The second kappa shape index (κ2) is 12.4. The summed E-state index contributed by atoms with van der Waals surface area (Å²) < 4.78 is 10.4. The van der Waals surface area contributed by atoms with Gasteiger partial charge in [-0.05, 0) is 43.8 Å². The summed E-state index contributed by atoms with van der Waals surface area (Å²) in [6, 6.07) is 0. The van der Waals surface area contributed by atoms with E-state index in [-0.39, 0.29) is 12.2 Å². The first-order chi connectivity index (χ1) is 12.5. The molecule has 0 bridgehead atoms. The van der Waals surface area contributed by atoms with Gasteiger partial charge in [-0.1, -0.05) is 56.2 Å². The summed E-state index contributed by atoms with van der Waals surface area (Å²) in [5, 5.41) is 0. The van der Waals surface area contributed by atoms with Crippen molar-refractivity contribution < 1.29 is 19.1 Å². The van der Waals surface area contributed by atoms with Crippen LogP contribution in [-0.2, 0) is 19.1 Å². The number of carbonyl (C=O) groups excluding carboxylic acids is 2. The van der Waals surface area contributed by atoms with Crippen LogP contribution < -0.4 is 0 Å². The first-order valence-electron chi connectivity index (χ1n) is 9.47. The monoisotopic (exact) mass is 360 g/mol. The summed E-state index contributed by atoms with van der Waals surface area (Å²) in [5.41, 5.74) is 0.672. The molecule has 1 aliphatic carbocycles. The van der Waals surface area contributed by atoms with Crippen molar-refractivity contribution in [1.82, 2.24) is 0 Å². The van der Waals surface area contributed by atoms with E-state index in [9.17, 15) is 9.59 Å². The van der Waals surface area contributed by atoms with Crippen molar-refractivity contribution in [2.75, 3.05) is 7.11 Å². The lowest BCUT2D eigenvalue weighted by molar-refractivity contribution is -0.197. The van der Waals surface area contributed by atoms with Crippen molar-refractivity contribution in [2.45, 2.75) is 71.0 Å². The van der Waals surface area contributed by atoms with Crippen LogP contribution in [0.1, 0.15) is 65.2 Å². The van der Waals surface area contributed by atoms with Crippen molar-refractivity contribution in [3.8, 4) is 0 Å². The molecule has 0 N–H and O–H groups in total. The van der Waals surface area contributed by atoms with E-state index in [1.54, 1.807) is 6.08 Å². The van der Waals surface area contributed by atoms with Gasteiger partial charge in [-0.15, -0.1) is 0 Å². The lowest BCUT2D eigenvalue weighted by Crippen LogP contribution is -2.33. The molecule has 0 radical (unpaired) electrons. The van der Waals surface area contributed by atoms with Gasteiger partial charge in [0.05, 0.1) is 6.42 Å². The Hall–Kier alpha value is -1.94. The average molecular weight is 360 g/mol. The molecule has 1 rings (SSSR count). The average Bonchev–Trinajstić information content (AvgIpc) is 2.91. The minimum Gasteiger partial charge on any atom is -0.429 e. The largest absolute Gasteiger partial charge is 0.429 e. The summed E-state index contributed by atoms with van der Waals surface area (Å²) in [6.07, 6.45) is 21.6. The molecule has 0 aromatic heterocycles. The molecular formula is C22H32O4.